The van der Waals surface area contributed by atoms with Gasteiger partial charge in [-0.05, 0) is 60.1 Å². The van der Waals surface area contributed by atoms with Gasteiger partial charge in [0.2, 0.25) is 0 Å². The Balaban J connectivity index is 2.10. The maximum Gasteiger partial charge on any atom is 0.320 e. The van der Waals surface area contributed by atoms with Crippen LogP contribution in [0.15, 0.2) is 48.5 Å². The average molecular weight is 485 g/mol. The van der Waals surface area contributed by atoms with Gasteiger partial charge >= 0.3 is 11.9 Å². The van der Waals surface area contributed by atoms with Crippen molar-refractivity contribution in [2.45, 2.75) is 38.5 Å². The number of carbonyl (C=O) groups excluding carboxylic acids is 3. The van der Waals surface area contributed by atoms with E-state index < -0.39 is 46.3 Å². The number of fused-ring (bicyclic) bond motifs is 2. The van der Waals surface area contributed by atoms with Crippen LogP contribution in [-0.2, 0) is 23.9 Å². The van der Waals surface area contributed by atoms with Gasteiger partial charge in [0.25, 0.3) is 0 Å². The van der Waals surface area contributed by atoms with Crippen molar-refractivity contribution in [3.8, 4) is 12.1 Å². The van der Waals surface area contributed by atoms with Crippen LogP contribution in [0.3, 0.4) is 0 Å². The van der Waals surface area contributed by atoms with Crippen LogP contribution in [-0.4, -0.2) is 31.9 Å². The number of hydrogen-bond acceptors (Lipinski definition) is 7. The topological polar surface area (TPSA) is 117 Å². The third kappa shape index (κ3) is 3.42. The van der Waals surface area contributed by atoms with Crippen molar-refractivity contribution in [2.24, 2.45) is 22.7 Å². The molecule has 0 radical (unpaired) electrons. The van der Waals surface area contributed by atoms with E-state index >= 15 is 0 Å². The Bertz CT molecular complexity index is 1220. The Morgan fingerprint density at radius 1 is 0.833 bits per heavy atom. The van der Waals surface area contributed by atoms with E-state index in [-0.39, 0.29) is 18.8 Å². The third-order valence-corrected chi connectivity index (χ3v) is 8.11. The number of rotatable bonds is 4. The zero-order valence-corrected chi connectivity index (χ0v) is 20.8. The first-order valence-corrected chi connectivity index (χ1v) is 11.9. The predicted octanol–water partition coefficient (Wildman–Crippen LogP) is 4.26. The molecule has 4 rings (SSSR count). The van der Waals surface area contributed by atoms with Crippen molar-refractivity contribution >= 4 is 17.7 Å². The zero-order chi connectivity index (χ0) is 26.3. The summed E-state index contributed by atoms with van der Waals surface area (Å²) in [7, 11) is 2.50. The van der Waals surface area contributed by atoms with E-state index in [9.17, 15) is 24.9 Å². The standard InChI is InChI=1S/C29H28N2O5/c1-17-13-28(26(33)35-3)23(21-9-5-7-19(11-21)15-30)18(2)24(22-10-6-8-20(12-22)16-31)29(14-17,25(28)32)27(34)36-4/h5-12,17-18,23-24H,13-14H2,1-4H3. The summed E-state index contributed by atoms with van der Waals surface area (Å²) < 4.78 is 10.5. The number of nitriles is 2. The van der Waals surface area contributed by atoms with Gasteiger partial charge < -0.3 is 9.47 Å². The number of carbonyl (C=O) groups is 3. The molecule has 2 aliphatic carbocycles. The Hall–Kier alpha value is -3.97. The number of esters is 2. The fraction of sp³-hybridized carbons (Fsp3) is 0.414. The largest absolute Gasteiger partial charge is 0.468 e. The Morgan fingerprint density at radius 3 is 1.61 bits per heavy atom. The van der Waals surface area contributed by atoms with E-state index in [2.05, 4.69) is 12.1 Å². The normalized spacial score (nSPS) is 31.0. The molecule has 2 aromatic carbocycles. The van der Waals surface area contributed by atoms with Crippen LogP contribution in [0.1, 0.15) is 60.8 Å². The van der Waals surface area contributed by atoms with E-state index in [1.54, 1.807) is 36.4 Å². The van der Waals surface area contributed by atoms with E-state index in [0.29, 0.717) is 22.3 Å². The highest BCUT2D eigenvalue weighted by atomic mass is 16.5. The third-order valence-electron chi connectivity index (χ3n) is 8.11. The second-order valence-corrected chi connectivity index (χ2v) is 10.1. The Morgan fingerprint density at radius 2 is 1.25 bits per heavy atom. The van der Waals surface area contributed by atoms with Crippen molar-refractivity contribution in [3.63, 3.8) is 0 Å². The second-order valence-electron chi connectivity index (χ2n) is 10.1. The highest BCUT2D eigenvalue weighted by Crippen LogP contribution is 2.67. The van der Waals surface area contributed by atoms with Crippen LogP contribution < -0.4 is 0 Å². The molecule has 0 amide bonds. The molecule has 184 valence electrons. The highest BCUT2D eigenvalue weighted by Gasteiger charge is 2.74. The summed E-state index contributed by atoms with van der Waals surface area (Å²) in [6, 6.07) is 18.1. The summed E-state index contributed by atoms with van der Waals surface area (Å²) in [5.74, 6) is -3.81. The molecule has 0 aliphatic heterocycles. The van der Waals surface area contributed by atoms with E-state index in [0.717, 1.165) is 0 Å². The smallest absolute Gasteiger partial charge is 0.320 e. The van der Waals surface area contributed by atoms with Gasteiger partial charge in [-0.1, -0.05) is 38.1 Å². The zero-order valence-electron chi connectivity index (χ0n) is 20.8. The van der Waals surface area contributed by atoms with Crippen molar-refractivity contribution < 1.29 is 23.9 Å². The van der Waals surface area contributed by atoms with Crippen molar-refractivity contribution in [2.75, 3.05) is 14.2 Å². The van der Waals surface area contributed by atoms with Gasteiger partial charge in [0.1, 0.15) is 10.8 Å². The molecule has 0 aromatic heterocycles. The lowest BCUT2D eigenvalue weighted by atomic mass is 9.40. The first kappa shape index (κ1) is 25.1. The minimum absolute atomic E-state index is 0.184. The van der Waals surface area contributed by atoms with Gasteiger partial charge in [-0.15, -0.1) is 0 Å². The van der Waals surface area contributed by atoms with Gasteiger partial charge in [0, 0.05) is 11.8 Å². The van der Waals surface area contributed by atoms with Crippen LogP contribution in [0.25, 0.3) is 0 Å². The predicted molar refractivity (Wildman–Crippen MR) is 129 cm³/mol. The molecular weight excluding hydrogens is 456 g/mol. The second kappa shape index (κ2) is 9.24. The molecule has 7 nitrogen and oxygen atoms in total. The summed E-state index contributed by atoms with van der Waals surface area (Å²) in [4.78, 5) is 42.0. The van der Waals surface area contributed by atoms with Crippen LogP contribution >= 0.6 is 0 Å². The molecule has 2 saturated carbocycles. The number of ether oxygens (including phenoxy) is 2. The quantitative estimate of drug-likeness (QED) is 0.470. The van der Waals surface area contributed by atoms with Crippen LogP contribution in [0.4, 0.5) is 0 Å². The van der Waals surface area contributed by atoms with Crippen molar-refractivity contribution in [1.82, 2.24) is 0 Å². The molecular formula is C29H28N2O5. The minimum Gasteiger partial charge on any atom is -0.468 e. The summed E-state index contributed by atoms with van der Waals surface area (Å²) in [5, 5.41) is 19.1. The van der Waals surface area contributed by atoms with Crippen LogP contribution in [0.2, 0.25) is 0 Å². The van der Waals surface area contributed by atoms with Gasteiger partial charge in [0.05, 0.1) is 37.5 Å². The molecule has 36 heavy (non-hydrogen) atoms. The first-order chi connectivity index (χ1) is 17.2. The lowest BCUT2D eigenvalue weighted by Gasteiger charge is -2.59. The van der Waals surface area contributed by atoms with E-state index in [1.165, 1.54) is 14.2 Å². The number of nitrogens with zero attached hydrogens (tertiary/aromatic N) is 2. The Labute approximate surface area is 210 Å². The molecule has 2 aliphatic rings. The maximum atomic E-state index is 14.7. The number of benzene rings is 2. The maximum absolute atomic E-state index is 14.7. The molecule has 4 unspecified atom stereocenters. The molecule has 2 bridgehead atoms. The van der Waals surface area contributed by atoms with Crippen molar-refractivity contribution in [3.05, 3.63) is 70.8 Å². The van der Waals surface area contributed by atoms with E-state index in [4.69, 9.17) is 9.47 Å². The highest BCUT2D eigenvalue weighted by molar-refractivity contribution is 6.17. The molecule has 0 saturated heterocycles. The summed E-state index contributed by atoms with van der Waals surface area (Å²) in [5.41, 5.74) is -1.12. The van der Waals surface area contributed by atoms with E-state index in [1.807, 2.05) is 26.0 Å². The molecule has 7 heteroatoms. The fourth-order valence-electron chi connectivity index (χ4n) is 7.13. The van der Waals surface area contributed by atoms with Crippen LogP contribution in [0.5, 0.6) is 0 Å². The number of Topliss-reactive ketones (excluding diaryl/α,β-unsaturated/α-hetero) is 1. The summed E-state index contributed by atoms with van der Waals surface area (Å²) >= 11 is 0. The monoisotopic (exact) mass is 484 g/mol. The molecule has 4 atom stereocenters. The molecule has 2 aromatic rings. The van der Waals surface area contributed by atoms with Crippen molar-refractivity contribution in [1.29, 1.82) is 10.5 Å². The number of hydrogen-bond donors (Lipinski definition) is 0. The van der Waals surface area contributed by atoms with Gasteiger partial charge in [-0.3, -0.25) is 14.4 Å². The molecule has 0 heterocycles. The molecule has 0 N–H and O–H groups in total. The van der Waals surface area contributed by atoms with Crippen LogP contribution in [0, 0.1) is 45.3 Å². The lowest BCUT2D eigenvalue weighted by Crippen LogP contribution is -2.67. The molecule has 2 fully saturated rings. The first-order valence-electron chi connectivity index (χ1n) is 11.9. The SMILES string of the molecule is COC(=O)C12CC(C)CC(C(=O)OC)(C1=O)C(c1cccc(C#N)c1)C(C)C2c1cccc(C#N)c1. The lowest BCUT2D eigenvalue weighted by molar-refractivity contribution is -0.189. The Kier molecular flexibility index (Phi) is 6.45. The average Bonchev–Trinajstić information content (AvgIpc) is 2.89. The molecule has 0 spiro atoms. The van der Waals surface area contributed by atoms with Gasteiger partial charge in [0.15, 0.2) is 5.78 Å². The summed E-state index contributed by atoms with van der Waals surface area (Å²) in [6.45, 7) is 3.84. The van der Waals surface area contributed by atoms with Gasteiger partial charge in [-0.25, -0.2) is 0 Å². The minimum atomic E-state index is -1.63. The fourth-order valence-corrected chi connectivity index (χ4v) is 7.13. The number of methoxy groups -OCH3 is 2. The summed E-state index contributed by atoms with van der Waals surface area (Å²) in [6.07, 6.45) is 0.433. The van der Waals surface area contributed by atoms with Gasteiger partial charge in [-0.2, -0.15) is 10.5 Å². The number of ketones is 1.